The Bertz CT molecular complexity index is 115. The first-order chi connectivity index (χ1) is 4.45. The van der Waals surface area contributed by atoms with Gasteiger partial charge < -0.3 is 0 Å². The average Bonchev–Trinajstić information content (AvgIpc) is 1.59. The van der Waals surface area contributed by atoms with Gasteiger partial charge in [0, 0.05) is 6.42 Å². The lowest BCUT2D eigenvalue weighted by Crippen LogP contribution is -2.26. The summed E-state index contributed by atoms with van der Waals surface area (Å²) in [6.07, 6.45) is 0.376. The van der Waals surface area contributed by atoms with Gasteiger partial charge in [0.1, 0.15) is 0 Å². The second kappa shape index (κ2) is 3.56. The summed E-state index contributed by atoms with van der Waals surface area (Å²) in [7, 11) is 1.41. The SMILES string of the molecule is [CH2]C(C)(C)CC(=O)NOC. The van der Waals surface area contributed by atoms with E-state index >= 15 is 0 Å². The average molecular weight is 144 g/mol. The molecule has 3 heteroatoms. The van der Waals surface area contributed by atoms with Gasteiger partial charge in [-0.25, -0.2) is 5.48 Å². The predicted octanol–water partition coefficient (Wildman–Crippen LogP) is 0.914. The molecule has 0 rings (SSSR count). The second-order valence-electron chi connectivity index (χ2n) is 3.07. The van der Waals surface area contributed by atoms with Crippen LogP contribution in [-0.2, 0) is 9.63 Å². The van der Waals surface area contributed by atoms with E-state index in [-0.39, 0.29) is 11.3 Å². The van der Waals surface area contributed by atoms with Crippen LogP contribution in [0.4, 0.5) is 0 Å². The maximum atomic E-state index is 10.8. The fourth-order valence-electron chi connectivity index (χ4n) is 0.585. The summed E-state index contributed by atoms with van der Waals surface area (Å²) in [5.74, 6) is -0.137. The molecule has 3 nitrogen and oxygen atoms in total. The van der Waals surface area contributed by atoms with Crippen LogP contribution in [0.1, 0.15) is 20.3 Å². The Balaban J connectivity index is 3.58. The molecule has 10 heavy (non-hydrogen) atoms. The topological polar surface area (TPSA) is 38.3 Å². The first-order valence-electron chi connectivity index (χ1n) is 3.13. The summed E-state index contributed by atoms with van der Waals surface area (Å²) in [5, 5.41) is 0. The lowest BCUT2D eigenvalue weighted by atomic mass is 9.92. The van der Waals surface area contributed by atoms with Gasteiger partial charge >= 0.3 is 0 Å². The van der Waals surface area contributed by atoms with Crippen LogP contribution >= 0.6 is 0 Å². The van der Waals surface area contributed by atoms with E-state index in [9.17, 15) is 4.79 Å². The third-order valence-electron chi connectivity index (χ3n) is 0.855. The molecule has 0 saturated heterocycles. The lowest BCUT2D eigenvalue weighted by molar-refractivity contribution is -0.132. The number of hydrogen-bond donors (Lipinski definition) is 1. The van der Waals surface area contributed by atoms with E-state index in [4.69, 9.17) is 0 Å². The lowest BCUT2D eigenvalue weighted by Gasteiger charge is -2.15. The fourth-order valence-corrected chi connectivity index (χ4v) is 0.585. The Morgan fingerprint density at radius 3 is 2.50 bits per heavy atom. The van der Waals surface area contributed by atoms with Gasteiger partial charge in [-0.05, 0) is 12.3 Å². The molecular weight excluding hydrogens is 130 g/mol. The van der Waals surface area contributed by atoms with E-state index < -0.39 is 0 Å². The van der Waals surface area contributed by atoms with Crippen molar-refractivity contribution in [1.29, 1.82) is 0 Å². The number of amides is 1. The maximum Gasteiger partial charge on any atom is 0.244 e. The van der Waals surface area contributed by atoms with E-state index in [1.165, 1.54) is 7.11 Å². The summed E-state index contributed by atoms with van der Waals surface area (Å²) in [5.41, 5.74) is 2.00. The van der Waals surface area contributed by atoms with Crippen molar-refractivity contribution >= 4 is 5.91 Å². The van der Waals surface area contributed by atoms with Crippen LogP contribution in [0, 0.1) is 12.3 Å². The first-order valence-corrected chi connectivity index (χ1v) is 3.13. The Morgan fingerprint density at radius 1 is 1.70 bits per heavy atom. The van der Waals surface area contributed by atoms with Gasteiger partial charge in [0.25, 0.3) is 0 Å². The molecule has 59 valence electrons. The van der Waals surface area contributed by atoms with Crippen molar-refractivity contribution in [3.05, 3.63) is 6.92 Å². The maximum absolute atomic E-state index is 10.8. The summed E-state index contributed by atoms with van der Waals surface area (Å²) in [6, 6.07) is 0. The van der Waals surface area contributed by atoms with Gasteiger partial charge in [0.05, 0.1) is 7.11 Å². The van der Waals surface area contributed by atoms with E-state index in [2.05, 4.69) is 17.2 Å². The Kier molecular flexibility index (Phi) is 3.36. The molecule has 0 saturated carbocycles. The normalized spacial score (nSPS) is 11.2. The highest BCUT2D eigenvalue weighted by molar-refractivity contribution is 5.75. The number of hydroxylamine groups is 1. The molecule has 0 bridgehead atoms. The Hall–Kier alpha value is -0.570. The van der Waals surface area contributed by atoms with E-state index in [0.717, 1.165) is 0 Å². The van der Waals surface area contributed by atoms with E-state index in [1.54, 1.807) is 0 Å². The van der Waals surface area contributed by atoms with Gasteiger partial charge in [-0.15, -0.1) is 0 Å². The molecule has 1 radical (unpaired) electrons. The fraction of sp³-hybridized carbons (Fsp3) is 0.714. The van der Waals surface area contributed by atoms with Crippen molar-refractivity contribution in [3.63, 3.8) is 0 Å². The highest BCUT2D eigenvalue weighted by Crippen LogP contribution is 2.16. The molecule has 0 aliphatic heterocycles. The molecular formula is C7H14NO2. The van der Waals surface area contributed by atoms with Gasteiger partial charge in [-0.3, -0.25) is 9.63 Å². The minimum Gasteiger partial charge on any atom is -0.277 e. The highest BCUT2D eigenvalue weighted by Gasteiger charge is 2.15. The molecule has 0 aromatic rings. The minimum atomic E-state index is -0.220. The van der Waals surface area contributed by atoms with Crippen molar-refractivity contribution in [1.82, 2.24) is 5.48 Å². The van der Waals surface area contributed by atoms with E-state index in [1.807, 2.05) is 13.8 Å². The van der Waals surface area contributed by atoms with E-state index in [0.29, 0.717) is 6.42 Å². The van der Waals surface area contributed by atoms with Crippen LogP contribution in [0.3, 0.4) is 0 Å². The smallest absolute Gasteiger partial charge is 0.244 e. The van der Waals surface area contributed by atoms with Crippen LogP contribution in [0.25, 0.3) is 0 Å². The van der Waals surface area contributed by atoms with Crippen LogP contribution in [0.5, 0.6) is 0 Å². The molecule has 0 aromatic carbocycles. The number of rotatable bonds is 3. The minimum absolute atomic E-state index is 0.137. The zero-order valence-corrected chi connectivity index (χ0v) is 6.73. The third-order valence-corrected chi connectivity index (χ3v) is 0.855. The molecule has 0 unspecified atom stereocenters. The molecule has 0 heterocycles. The Morgan fingerprint density at radius 2 is 2.20 bits per heavy atom. The quantitative estimate of drug-likeness (QED) is 0.598. The van der Waals surface area contributed by atoms with Crippen molar-refractivity contribution < 1.29 is 9.63 Å². The standard InChI is InChI=1S/C7H14NO2/c1-7(2,3)5-6(9)8-10-4/h1,5H2,2-4H3,(H,8,9). The van der Waals surface area contributed by atoms with Gasteiger partial charge in [-0.1, -0.05) is 13.8 Å². The van der Waals surface area contributed by atoms with Crippen molar-refractivity contribution in [3.8, 4) is 0 Å². The molecule has 0 fully saturated rings. The largest absolute Gasteiger partial charge is 0.277 e. The third kappa shape index (κ3) is 5.56. The molecule has 0 aliphatic carbocycles. The zero-order chi connectivity index (χ0) is 8.20. The summed E-state index contributed by atoms with van der Waals surface area (Å²) in [6.45, 7) is 7.56. The predicted molar refractivity (Wildman–Crippen MR) is 38.9 cm³/mol. The highest BCUT2D eigenvalue weighted by atomic mass is 16.6. The van der Waals surface area contributed by atoms with Crippen LogP contribution in [0.15, 0.2) is 0 Å². The molecule has 0 atom stereocenters. The van der Waals surface area contributed by atoms with Crippen LogP contribution in [0.2, 0.25) is 0 Å². The van der Waals surface area contributed by atoms with Gasteiger partial charge in [0.2, 0.25) is 5.91 Å². The van der Waals surface area contributed by atoms with Crippen molar-refractivity contribution in [2.24, 2.45) is 5.41 Å². The van der Waals surface area contributed by atoms with Crippen LogP contribution in [-0.4, -0.2) is 13.0 Å². The summed E-state index contributed by atoms with van der Waals surface area (Å²) >= 11 is 0. The molecule has 1 N–H and O–H groups in total. The number of nitrogens with one attached hydrogen (secondary N) is 1. The van der Waals surface area contributed by atoms with Gasteiger partial charge in [0.15, 0.2) is 0 Å². The molecule has 0 aromatic heterocycles. The van der Waals surface area contributed by atoms with Crippen LogP contribution < -0.4 is 5.48 Å². The summed E-state index contributed by atoms with van der Waals surface area (Å²) in [4.78, 5) is 15.2. The second-order valence-corrected chi connectivity index (χ2v) is 3.07. The molecule has 0 aliphatic rings. The molecule has 0 spiro atoms. The number of hydrogen-bond acceptors (Lipinski definition) is 2. The zero-order valence-electron chi connectivity index (χ0n) is 6.73. The monoisotopic (exact) mass is 144 g/mol. The van der Waals surface area contributed by atoms with Crippen molar-refractivity contribution in [2.45, 2.75) is 20.3 Å². The van der Waals surface area contributed by atoms with Gasteiger partial charge in [-0.2, -0.15) is 0 Å². The number of carbonyl (C=O) groups is 1. The summed E-state index contributed by atoms with van der Waals surface area (Å²) < 4.78 is 0. The first kappa shape index (κ1) is 9.43. The molecule has 1 amide bonds. The van der Waals surface area contributed by atoms with Crippen molar-refractivity contribution in [2.75, 3.05) is 7.11 Å². The number of carbonyl (C=O) groups excluding carboxylic acids is 1. The Labute approximate surface area is 61.7 Å².